The van der Waals surface area contributed by atoms with Crippen LogP contribution in [0.2, 0.25) is 0 Å². The number of hydrogen-bond donors (Lipinski definition) is 2. The number of nitrogens with one attached hydrogen (secondary N) is 1. The maximum atomic E-state index is 5.43. The Labute approximate surface area is 98.4 Å². The minimum atomic E-state index is 0.700. The first-order chi connectivity index (χ1) is 7.83. The molecule has 0 atom stereocenters. The molecule has 0 unspecified atom stereocenters. The Kier molecular flexibility index (Phi) is 3.58. The van der Waals surface area contributed by atoms with Crippen LogP contribution in [0.3, 0.4) is 0 Å². The molecule has 0 aliphatic rings. The highest BCUT2D eigenvalue weighted by Gasteiger charge is 2.03. The number of benzene rings is 1. The van der Waals surface area contributed by atoms with E-state index in [1.165, 1.54) is 0 Å². The predicted molar refractivity (Wildman–Crippen MR) is 68.3 cm³/mol. The molecule has 0 saturated carbocycles. The van der Waals surface area contributed by atoms with Crippen molar-refractivity contribution in [3.05, 3.63) is 18.2 Å². The van der Waals surface area contributed by atoms with Crippen molar-refractivity contribution in [3.8, 4) is 5.75 Å². The van der Waals surface area contributed by atoms with Crippen molar-refractivity contribution in [1.29, 1.82) is 0 Å². The van der Waals surface area contributed by atoms with Crippen molar-refractivity contribution in [2.24, 2.45) is 5.73 Å². The van der Waals surface area contributed by atoms with Gasteiger partial charge in [-0.15, -0.1) is 0 Å². The number of nitrogens with zero attached hydrogens (tertiary/aromatic N) is 1. The number of thiazole rings is 1. The first-order valence-corrected chi connectivity index (χ1v) is 6.03. The summed E-state index contributed by atoms with van der Waals surface area (Å²) in [4.78, 5) is 4.47. The zero-order valence-electron chi connectivity index (χ0n) is 9.19. The average Bonchev–Trinajstić information content (AvgIpc) is 2.70. The summed E-state index contributed by atoms with van der Waals surface area (Å²) in [7, 11) is 1.67. The lowest BCUT2D eigenvalue weighted by Gasteiger charge is -1.98. The molecule has 0 amide bonds. The lowest BCUT2D eigenvalue weighted by atomic mass is 10.3. The Morgan fingerprint density at radius 1 is 1.50 bits per heavy atom. The van der Waals surface area contributed by atoms with Gasteiger partial charge in [-0.3, -0.25) is 0 Å². The van der Waals surface area contributed by atoms with Gasteiger partial charge in [-0.05, 0) is 31.2 Å². The van der Waals surface area contributed by atoms with Gasteiger partial charge in [0.2, 0.25) is 0 Å². The fourth-order valence-electron chi connectivity index (χ4n) is 1.40. The van der Waals surface area contributed by atoms with Gasteiger partial charge in [-0.25, -0.2) is 4.98 Å². The molecular weight excluding hydrogens is 222 g/mol. The number of aromatic nitrogens is 1. The minimum absolute atomic E-state index is 0.700. The summed E-state index contributed by atoms with van der Waals surface area (Å²) in [6, 6.07) is 5.89. The van der Waals surface area contributed by atoms with E-state index in [1.54, 1.807) is 18.4 Å². The molecule has 0 aliphatic carbocycles. The molecule has 0 fully saturated rings. The lowest BCUT2D eigenvalue weighted by Crippen LogP contribution is -2.07. The Hall–Kier alpha value is -1.33. The number of nitrogens with two attached hydrogens (primary N) is 1. The molecule has 2 rings (SSSR count). The van der Waals surface area contributed by atoms with E-state index in [9.17, 15) is 0 Å². The number of hydrogen-bond acceptors (Lipinski definition) is 5. The van der Waals surface area contributed by atoms with Crippen molar-refractivity contribution in [2.45, 2.75) is 6.42 Å². The van der Waals surface area contributed by atoms with Gasteiger partial charge in [0, 0.05) is 6.54 Å². The Bertz CT molecular complexity index is 469. The fraction of sp³-hybridized carbons (Fsp3) is 0.364. The fourth-order valence-corrected chi connectivity index (χ4v) is 2.32. The van der Waals surface area contributed by atoms with Crippen molar-refractivity contribution in [3.63, 3.8) is 0 Å². The van der Waals surface area contributed by atoms with Crippen LogP contribution in [0.4, 0.5) is 5.13 Å². The van der Waals surface area contributed by atoms with Gasteiger partial charge in [0.25, 0.3) is 0 Å². The molecule has 1 heterocycles. The van der Waals surface area contributed by atoms with E-state index in [0.717, 1.165) is 34.1 Å². The molecule has 3 N–H and O–H groups in total. The summed E-state index contributed by atoms with van der Waals surface area (Å²) in [5, 5.41) is 4.20. The molecule has 0 aliphatic heterocycles. The van der Waals surface area contributed by atoms with Crippen molar-refractivity contribution in [2.75, 3.05) is 25.5 Å². The largest absolute Gasteiger partial charge is 0.497 e. The molecule has 16 heavy (non-hydrogen) atoms. The summed E-state index contributed by atoms with van der Waals surface area (Å²) in [6.45, 7) is 1.57. The number of methoxy groups -OCH3 is 1. The van der Waals surface area contributed by atoms with Gasteiger partial charge in [0.15, 0.2) is 5.13 Å². The monoisotopic (exact) mass is 237 g/mol. The van der Waals surface area contributed by atoms with Gasteiger partial charge < -0.3 is 15.8 Å². The van der Waals surface area contributed by atoms with Crippen LogP contribution in [0.15, 0.2) is 18.2 Å². The maximum Gasteiger partial charge on any atom is 0.183 e. The maximum absolute atomic E-state index is 5.43. The highest BCUT2D eigenvalue weighted by molar-refractivity contribution is 7.22. The summed E-state index contributed by atoms with van der Waals surface area (Å²) in [5.74, 6) is 0.865. The number of ether oxygens (including phenoxy) is 1. The van der Waals surface area contributed by atoms with Crippen molar-refractivity contribution >= 4 is 26.7 Å². The van der Waals surface area contributed by atoms with Gasteiger partial charge in [-0.2, -0.15) is 0 Å². The third kappa shape index (κ3) is 2.43. The highest BCUT2D eigenvalue weighted by Crippen LogP contribution is 2.28. The molecule has 0 spiro atoms. The molecule has 86 valence electrons. The Morgan fingerprint density at radius 3 is 3.12 bits per heavy atom. The van der Waals surface area contributed by atoms with Crippen LogP contribution in [0, 0.1) is 0 Å². The van der Waals surface area contributed by atoms with Crippen molar-refractivity contribution < 1.29 is 4.74 Å². The normalized spacial score (nSPS) is 10.6. The van der Waals surface area contributed by atoms with Crippen LogP contribution in [-0.4, -0.2) is 25.2 Å². The van der Waals surface area contributed by atoms with Crippen LogP contribution >= 0.6 is 11.3 Å². The molecule has 0 saturated heterocycles. The molecule has 5 heteroatoms. The van der Waals surface area contributed by atoms with E-state index in [-0.39, 0.29) is 0 Å². The number of rotatable bonds is 5. The summed E-state index contributed by atoms with van der Waals surface area (Å²) >= 11 is 1.63. The third-order valence-electron chi connectivity index (χ3n) is 2.25. The highest BCUT2D eigenvalue weighted by atomic mass is 32.1. The Morgan fingerprint density at radius 2 is 2.38 bits per heavy atom. The lowest BCUT2D eigenvalue weighted by molar-refractivity contribution is 0.415. The van der Waals surface area contributed by atoms with E-state index in [2.05, 4.69) is 10.3 Å². The Balaban J connectivity index is 2.16. The molecular formula is C11H15N3OS. The topological polar surface area (TPSA) is 60.2 Å². The number of fused-ring (bicyclic) bond motifs is 1. The van der Waals surface area contributed by atoms with Gasteiger partial charge >= 0.3 is 0 Å². The smallest absolute Gasteiger partial charge is 0.183 e. The van der Waals surface area contributed by atoms with E-state index >= 15 is 0 Å². The van der Waals surface area contributed by atoms with E-state index in [1.807, 2.05) is 18.2 Å². The zero-order valence-corrected chi connectivity index (χ0v) is 10.0. The molecule has 2 aromatic rings. The summed E-state index contributed by atoms with van der Waals surface area (Å²) < 4.78 is 6.31. The molecule has 4 nitrogen and oxygen atoms in total. The van der Waals surface area contributed by atoms with Gasteiger partial charge in [0.05, 0.1) is 17.3 Å². The van der Waals surface area contributed by atoms with Crippen LogP contribution < -0.4 is 15.8 Å². The van der Waals surface area contributed by atoms with Crippen LogP contribution in [-0.2, 0) is 0 Å². The first kappa shape index (κ1) is 11.2. The zero-order chi connectivity index (χ0) is 11.4. The SMILES string of the molecule is COc1ccc2nc(NCCCN)sc2c1. The molecule has 0 radical (unpaired) electrons. The standard InChI is InChI=1S/C11H15N3OS/c1-15-8-3-4-9-10(7-8)16-11(14-9)13-6-2-5-12/h3-4,7H,2,5-6,12H2,1H3,(H,13,14). The van der Waals surface area contributed by atoms with Crippen LogP contribution in [0.5, 0.6) is 5.75 Å². The minimum Gasteiger partial charge on any atom is -0.497 e. The van der Waals surface area contributed by atoms with Crippen molar-refractivity contribution in [1.82, 2.24) is 4.98 Å². The van der Waals surface area contributed by atoms with E-state index < -0.39 is 0 Å². The second kappa shape index (κ2) is 5.14. The second-order valence-corrected chi connectivity index (χ2v) is 4.45. The quantitative estimate of drug-likeness (QED) is 0.781. The molecule has 1 aromatic carbocycles. The molecule has 0 bridgehead atoms. The summed E-state index contributed by atoms with van der Waals surface area (Å²) in [5.41, 5.74) is 6.43. The van der Waals surface area contributed by atoms with E-state index in [0.29, 0.717) is 6.54 Å². The van der Waals surface area contributed by atoms with E-state index in [4.69, 9.17) is 10.5 Å². The van der Waals surface area contributed by atoms with Gasteiger partial charge in [-0.1, -0.05) is 11.3 Å². The number of anilines is 1. The van der Waals surface area contributed by atoms with Crippen LogP contribution in [0.1, 0.15) is 6.42 Å². The van der Waals surface area contributed by atoms with Gasteiger partial charge in [0.1, 0.15) is 5.75 Å². The average molecular weight is 237 g/mol. The third-order valence-corrected chi connectivity index (χ3v) is 3.23. The van der Waals surface area contributed by atoms with Crippen LogP contribution in [0.25, 0.3) is 10.2 Å². The second-order valence-electron chi connectivity index (χ2n) is 3.42. The predicted octanol–water partition coefficient (Wildman–Crippen LogP) is 2.07. The summed E-state index contributed by atoms with van der Waals surface area (Å²) in [6.07, 6.45) is 0.958. The molecule has 1 aromatic heterocycles. The first-order valence-electron chi connectivity index (χ1n) is 5.22.